The molecular weight excluding hydrogens is 304 g/mol. The highest BCUT2D eigenvalue weighted by atomic mass is 32.2. The summed E-state index contributed by atoms with van der Waals surface area (Å²) in [5, 5.41) is 3.98. The minimum atomic E-state index is -3.18. The van der Waals surface area contributed by atoms with Crippen molar-refractivity contribution in [1.29, 1.82) is 0 Å². The molecule has 1 heterocycles. The molecule has 108 valence electrons. The third-order valence-electron chi connectivity index (χ3n) is 3.12. The fourth-order valence-electron chi connectivity index (χ4n) is 1.96. The van der Waals surface area contributed by atoms with Gasteiger partial charge in [0.2, 0.25) is 0 Å². The van der Waals surface area contributed by atoms with Crippen LogP contribution in [0.5, 0.6) is 0 Å². The summed E-state index contributed by atoms with van der Waals surface area (Å²) in [5.74, 6) is 0.104. The van der Waals surface area contributed by atoms with Crippen LogP contribution >= 0.6 is 11.3 Å². The first-order valence-electron chi connectivity index (χ1n) is 6.54. The van der Waals surface area contributed by atoms with Crippen molar-refractivity contribution in [2.24, 2.45) is 0 Å². The third kappa shape index (κ3) is 2.91. The second-order valence-electron chi connectivity index (χ2n) is 4.54. The summed E-state index contributed by atoms with van der Waals surface area (Å²) in [5.41, 5.74) is 1.76. The number of fused-ring (bicyclic) bond motifs is 1. The van der Waals surface area contributed by atoms with Gasteiger partial charge in [0, 0.05) is 5.69 Å². The molecule has 3 aromatic rings. The van der Waals surface area contributed by atoms with Crippen molar-refractivity contribution in [1.82, 2.24) is 4.98 Å². The topological polar surface area (TPSA) is 59.1 Å². The maximum Gasteiger partial charge on any atom is 0.188 e. The SMILES string of the molecule is CCS(=O)(=O)c1ccc2nc(Nc3ccccc3)sc2c1. The number of thiazole rings is 1. The number of rotatable bonds is 4. The average Bonchev–Trinajstić information content (AvgIpc) is 2.89. The van der Waals surface area contributed by atoms with Gasteiger partial charge >= 0.3 is 0 Å². The Morgan fingerprint density at radius 3 is 2.62 bits per heavy atom. The van der Waals surface area contributed by atoms with Gasteiger partial charge in [-0.25, -0.2) is 13.4 Å². The highest BCUT2D eigenvalue weighted by Gasteiger charge is 2.13. The Hall–Kier alpha value is -1.92. The van der Waals surface area contributed by atoms with E-state index < -0.39 is 9.84 Å². The summed E-state index contributed by atoms with van der Waals surface area (Å²) in [7, 11) is -3.18. The molecule has 21 heavy (non-hydrogen) atoms. The summed E-state index contributed by atoms with van der Waals surface area (Å²) >= 11 is 1.45. The smallest absolute Gasteiger partial charge is 0.188 e. The van der Waals surface area contributed by atoms with Crippen LogP contribution in [0, 0.1) is 0 Å². The number of nitrogens with one attached hydrogen (secondary N) is 1. The molecule has 0 amide bonds. The lowest BCUT2D eigenvalue weighted by Crippen LogP contribution is -2.02. The minimum Gasteiger partial charge on any atom is -0.332 e. The molecule has 3 rings (SSSR count). The summed E-state index contributed by atoms with van der Waals surface area (Å²) in [6.45, 7) is 1.65. The predicted molar refractivity (Wildman–Crippen MR) is 87.1 cm³/mol. The van der Waals surface area contributed by atoms with Gasteiger partial charge in [0.05, 0.1) is 20.9 Å². The number of aromatic nitrogens is 1. The lowest BCUT2D eigenvalue weighted by atomic mass is 10.3. The molecular formula is C15H14N2O2S2. The Morgan fingerprint density at radius 2 is 1.90 bits per heavy atom. The fourth-order valence-corrected chi connectivity index (χ4v) is 3.87. The molecule has 2 aromatic carbocycles. The molecule has 0 aliphatic heterocycles. The van der Waals surface area contributed by atoms with Crippen LogP contribution in [-0.4, -0.2) is 19.2 Å². The Morgan fingerprint density at radius 1 is 1.14 bits per heavy atom. The van der Waals surface area contributed by atoms with Gasteiger partial charge in [-0.2, -0.15) is 0 Å². The molecule has 6 heteroatoms. The maximum absolute atomic E-state index is 11.9. The number of benzene rings is 2. The number of nitrogens with zero attached hydrogens (tertiary/aromatic N) is 1. The molecule has 0 fully saturated rings. The Balaban J connectivity index is 1.97. The van der Waals surface area contributed by atoms with Gasteiger partial charge < -0.3 is 5.32 Å². The Bertz CT molecular complexity index is 871. The van der Waals surface area contributed by atoms with Crippen molar-refractivity contribution in [3.05, 3.63) is 48.5 Å². The second kappa shape index (κ2) is 5.46. The van der Waals surface area contributed by atoms with Crippen LogP contribution in [0.2, 0.25) is 0 Å². The predicted octanol–water partition coefficient (Wildman–Crippen LogP) is 3.83. The van der Waals surface area contributed by atoms with Gasteiger partial charge in [-0.3, -0.25) is 0 Å². The van der Waals surface area contributed by atoms with Crippen LogP contribution in [0.25, 0.3) is 10.2 Å². The second-order valence-corrected chi connectivity index (χ2v) is 7.85. The highest BCUT2D eigenvalue weighted by Crippen LogP contribution is 2.30. The lowest BCUT2D eigenvalue weighted by molar-refractivity contribution is 0.597. The first-order valence-corrected chi connectivity index (χ1v) is 9.01. The normalized spacial score (nSPS) is 11.7. The van der Waals surface area contributed by atoms with Crippen LogP contribution < -0.4 is 5.32 Å². The van der Waals surface area contributed by atoms with Crippen molar-refractivity contribution in [3.63, 3.8) is 0 Å². The van der Waals surface area contributed by atoms with Crippen molar-refractivity contribution in [2.45, 2.75) is 11.8 Å². The zero-order valence-electron chi connectivity index (χ0n) is 11.4. The van der Waals surface area contributed by atoms with E-state index in [0.29, 0.717) is 4.90 Å². The molecule has 0 spiro atoms. The molecule has 0 saturated carbocycles. The number of para-hydroxylation sites is 1. The van der Waals surface area contributed by atoms with Crippen molar-refractivity contribution < 1.29 is 8.42 Å². The van der Waals surface area contributed by atoms with E-state index in [0.717, 1.165) is 21.0 Å². The van der Waals surface area contributed by atoms with Crippen LogP contribution in [0.4, 0.5) is 10.8 Å². The zero-order valence-corrected chi connectivity index (χ0v) is 13.0. The van der Waals surface area contributed by atoms with Gasteiger partial charge in [-0.15, -0.1) is 0 Å². The van der Waals surface area contributed by atoms with Crippen LogP contribution in [0.1, 0.15) is 6.92 Å². The summed E-state index contributed by atoms with van der Waals surface area (Å²) in [4.78, 5) is 4.82. The number of hydrogen-bond acceptors (Lipinski definition) is 5. The lowest BCUT2D eigenvalue weighted by Gasteiger charge is -1.99. The minimum absolute atomic E-state index is 0.104. The standard InChI is InChI=1S/C15H14N2O2S2/c1-2-21(18,19)12-8-9-13-14(10-12)20-15(17-13)16-11-6-4-3-5-7-11/h3-10H,2H2,1H3,(H,16,17). The summed E-state index contributed by atoms with van der Waals surface area (Å²) in [6.07, 6.45) is 0. The molecule has 0 saturated heterocycles. The summed E-state index contributed by atoms with van der Waals surface area (Å²) in [6, 6.07) is 14.8. The quantitative estimate of drug-likeness (QED) is 0.794. The molecule has 0 atom stereocenters. The average molecular weight is 318 g/mol. The van der Waals surface area contributed by atoms with Gasteiger partial charge in [-0.1, -0.05) is 36.5 Å². The van der Waals surface area contributed by atoms with Crippen molar-refractivity contribution in [2.75, 3.05) is 11.1 Å². The monoisotopic (exact) mass is 318 g/mol. The third-order valence-corrected chi connectivity index (χ3v) is 5.79. The van der Waals surface area contributed by atoms with Crippen LogP contribution in [0.15, 0.2) is 53.4 Å². The van der Waals surface area contributed by atoms with Gasteiger partial charge in [0.15, 0.2) is 15.0 Å². The van der Waals surface area contributed by atoms with Crippen LogP contribution in [-0.2, 0) is 9.84 Å². The Labute approximate surface area is 127 Å². The van der Waals surface area contributed by atoms with E-state index in [2.05, 4.69) is 10.3 Å². The van der Waals surface area contributed by atoms with E-state index in [1.807, 2.05) is 30.3 Å². The van der Waals surface area contributed by atoms with E-state index in [1.54, 1.807) is 25.1 Å². The van der Waals surface area contributed by atoms with Gasteiger partial charge in [0.1, 0.15) is 0 Å². The Kier molecular flexibility index (Phi) is 3.65. The number of hydrogen-bond donors (Lipinski definition) is 1. The molecule has 4 nitrogen and oxygen atoms in total. The first-order chi connectivity index (χ1) is 10.1. The van der Waals surface area contributed by atoms with E-state index >= 15 is 0 Å². The van der Waals surface area contributed by atoms with Crippen molar-refractivity contribution in [3.8, 4) is 0 Å². The summed E-state index contributed by atoms with van der Waals surface area (Å²) < 4.78 is 24.7. The van der Waals surface area contributed by atoms with Gasteiger partial charge in [-0.05, 0) is 30.3 Å². The number of sulfone groups is 1. The molecule has 0 bridgehead atoms. The molecule has 0 aliphatic rings. The van der Waals surface area contributed by atoms with Crippen LogP contribution in [0.3, 0.4) is 0 Å². The first kappa shape index (κ1) is 14.0. The van der Waals surface area contributed by atoms with E-state index in [4.69, 9.17) is 0 Å². The van der Waals surface area contributed by atoms with Crippen molar-refractivity contribution >= 4 is 42.2 Å². The largest absolute Gasteiger partial charge is 0.332 e. The zero-order chi connectivity index (χ0) is 14.9. The van der Waals surface area contributed by atoms with E-state index in [1.165, 1.54) is 11.3 Å². The van der Waals surface area contributed by atoms with Gasteiger partial charge in [0.25, 0.3) is 0 Å². The molecule has 1 N–H and O–H groups in total. The molecule has 0 radical (unpaired) electrons. The maximum atomic E-state index is 11.9. The fraction of sp³-hybridized carbons (Fsp3) is 0.133. The molecule has 0 aliphatic carbocycles. The molecule has 0 unspecified atom stereocenters. The van der Waals surface area contributed by atoms with E-state index in [9.17, 15) is 8.42 Å². The number of anilines is 2. The van der Waals surface area contributed by atoms with E-state index in [-0.39, 0.29) is 5.75 Å². The highest BCUT2D eigenvalue weighted by molar-refractivity contribution is 7.91. The molecule has 1 aromatic heterocycles.